The van der Waals surface area contributed by atoms with Gasteiger partial charge in [-0.3, -0.25) is 25.0 Å². The van der Waals surface area contributed by atoms with Crippen LogP contribution in [0.25, 0.3) is 0 Å². The zero-order chi connectivity index (χ0) is 21.8. The topological polar surface area (TPSA) is 110 Å². The summed E-state index contributed by atoms with van der Waals surface area (Å²) in [7, 11) is 1.52. The van der Waals surface area contributed by atoms with Gasteiger partial charge < -0.3 is 9.80 Å². The molecular formula is C21H24N4O5. The Morgan fingerprint density at radius 2 is 1.70 bits per heavy atom. The van der Waals surface area contributed by atoms with Crippen molar-refractivity contribution in [1.29, 1.82) is 0 Å². The molecule has 2 aromatic carbocycles. The third-order valence-electron chi connectivity index (χ3n) is 5.49. The van der Waals surface area contributed by atoms with Gasteiger partial charge in [0.2, 0.25) is 0 Å². The van der Waals surface area contributed by atoms with Gasteiger partial charge in [0.1, 0.15) is 5.69 Å². The summed E-state index contributed by atoms with van der Waals surface area (Å²) in [6.45, 7) is 3.68. The van der Waals surface area contributed by atoms with Crippen LogP contribution in [0.15, 0.2) is 42.5 Å². The van der Waals surface area contributed by atoms with Crippen LogP contribution in [0.1, 0.15) is 35.7 Å². The van der Waals surface area contributed by atoms with Crippen molar-refractivity contribution >= 4 is 23.0 Å². The van der Waals surface area contributed by atoms with E-state index in [2.05, 4.69) is 6.92 Å². The van der Waals surface area contributed by atoms with Gasteiger partial charge in [-0.1, -0.05) is 25.1 Å². The lowest BCUT2D eigenvalue weighted by atomic mass is 9.98. The lowest BCUT2D eigenvalue weighted by molar-refractivity contribution is -0.385. The molecule has 0 saturated carbocycles. The zero-order valence-electron chi connectivity index (χ0n) is 17.0. The molecule has 1 amide bonds. The number of amides is 1. The molecule has 1 fully saturated rings. The number of piperidine rings is 1. The zero-order valence-corrected chi connectivity index (χ0v) is 17.0. The summed E-state index contributed by atoms with van der Waals surface area (Å²) in [4.78, 5) is 38.1. The summed E-state index contributed by atoms with van der Waals surface area (Å²) in [6.07, 6.45) is 1.94. The van der Waals surface area contributed by atoms with Crippen molar-refractivity contribution in [2.75, 3.05) is 25.0 Å². The van der Waals surface area contributed by atoms with Crippen molar-refractivity contribution in [2.24, 2.45) is 5.92 Å². The van der Waals surface area contributed by atoms with Crippen LogP contribution >= 0.6 is 0 Å². The van der Waals surface area contributed by atoms with Crippen LogP contribution in [0.3, 0.4) is 0 Å². The summed E-state index contributed by atoms with van der Waals surface area (Å²) >= 11 is 0. The second-order valence-corrected chi connectivity index (χ2v) is 7.68. The molecule has 9 nitrogen and oxygen atoms in total. The molecule has 1 saturated heterocycles. The molecule has 2 aromatic rings. The molecule has 0 unspecified atom stereocenters. The van der Waals surface area contributed by atoms with E-state index >= 15 is 0 Å². The van der Waals surface area contributed by atoms with Crippen molar-refractivity contribution in [3.8, 4) is 0 Å². The smallest absolute Gasteiger partial charge is 0.293 e. The number of nitro groups is 2. The Morgan fingerprint density at radius 3 is 2.33 bits per heavy atom. The van der Waals surface area contributed by atoms with Crippen LogP contribution in [-0.2, 0) is 6.54 Å². The molecule has 0 aliphatic carbocycles. The molecule has 1 aliphatic rings. The number of hydrogen-bond donors (Lipinski definition) is 0. The first-order chi connectivity index (χ1) is 14.3. The molecule has 0 spiro atoms. The van der Waals surface area contributed by atoms with Crippen LogP contribution < -0.4 is 4.90 Å². The molecular weight excluding hydrogens is 388 g/mol. The van der Waals surface area contributed by atoms with E-state index in [4.69, 9.17) is 0 Å². The van der Waals surface area contributed by atoms with Gasteiger partial charge in [0, 0.05) is 43.4 Å². The predicted molar refractivity (Wildman–Crippen MR) is 113 cm³/mol. The molecule has 30 heavy (non-hydrogen) atoms. The van der Waals surface area contributed by atoms with E-state index in [0.717, 1.165) is 25.9 Å². The average Bonchev–Trinajstić information content (AvgIpc) is 2.73. The molecule has 0 bridgehead atoms. The van der Waals surface area contributed by atoms with Crippen molar-refractivity contribution < 1.29 is 14.6 Å². The van der Waals surface area contributed by atoms with Crippen molar-refractivity contribution in [3.63, 3.8) is 0 Å². The Labute approximate surface area is 174 Å². The number of para-hydroxylation sites is 1. The van der Waals surface area contributed by atoms with Gasteiger partial charge in [0.05, 0.1) is 16.4 Å². The predicted octanol–water partition coefficient (Wildman–Crippen LogP) is 4.01. The Kier molecular flexibility index (Phi) is 6.29. The van der Waals surface area contributed by atoms with E-state index in [9.17, 15) is 25.0 Å². The number of carbonyl (C=O) groups excluding carboxylic acids is 1. The summed E-state index contributed by atoms with van der Waals surface area (Å²) < 4.78 is 0. The van der Waals surface area contributed by atoms with Gasteiger partial charge in [-0.15, -0.1) is 0 Å². The van der Waals surface area contributed by atoms with E-state index in [-0.39, 0.29) is 23.5 Å². The Bertz CT molecular complexity index is 970. The number of anilines is 1. The summed E-state index contributed by atoms with van der Waals surface area (Å²) in [5, 5.41) is 22.9. The molecule has 0 atom stereocenters. The van der Waals surface area contributed by atoms with Crippen LogP contribution in [0.2, 0.25) is 0 Å². The highest BCUT2D eigenvalue weighted by atomic mass is 16.6. The van der Waals surface area contributed by atoms with Crippen molar-refractivity contribution in [2.45, 2.75) is 26.3 Å². The highest BCUT2D eigenvalue weighted by Gasteiger charge is 2.26. The third-order valence-corrected chi connectivity index (χ3v) is 5.49. The molecule has 0 aromatic heterocycles. The van der Waals surface area contributed by atoms with Crippen LogP contribution in [0.5, 0.6) is 0 Å². The number of nitro benzene ring substituents is 2. The van der Waals surface area contributed by atoms with Gasteiger partial charge >= 0.3 is 0 Å². The van der Waals surface area contributed by atoms with E-state index in [0.29, 0.717) is 17.2 Å². The van der Waals surface area contributed by atoms with E-state index in [1.54, 1.807) is 30.3 Å². The summed E-state index contributed by atoms with van der Waals surface area (Å²) in [6, 6.07) is 10.7. The second kappa shape index (κ2) is 8.89. The minimum Gasteiger partial charge on any atom is -0.366 e. The first-order valence-corrected chi connectivity index (χ1v) is 9.79. The molecule has 3 rings (SSSR count). The number of benzene rings is 2. The maximum atomic E-state index is 12.9. The van der Waals surface area contributed by atoms with Crippen LogP contribution in [-0.4, -0.2) is 40.8 Å². The largest absolute Gasteiger partial charge is 0.366 e. The lowest BCUT2D eigenvalue weighted by Crippen LogP contribution is -2.33. The van der Waals surface area contributed by atoms with Crippen molar-refractivity contribution in [3.05, 3.63) is 73.8 Å². The number of nitrogens with zero attached hydrogens (tertiary/aromatic N) is 4. The minimum atomic E-state index is -0.493. The van der Waals surface area contributed by atoms with E-state index < -0.39 is 15.8 Å². The quantitative estimate of drug-likeness (QED) is 0.524. The normalized spacial score (nSPS) is 14.4. The molecule has 0 N–H and O–H groups in total. The Balaban J connectivity index is 1.83. The SMILES string of the molecule is CC1CCN(c2ccc(C(=O)N(C)Cc3ccccc3[N+](=O)[O-])cc2[N+](=O)[O-])CC1. The molecule has 1 aliphatic heterocycles. The second-order valence-electron chi connectivity index (χ2n) is 7.68. The number of rotatable bonds is 6. The fraction of sp³-hybridized carbons (Fsp3) is 0.381. The van der Waals surface area contributed by atoms with E-state index in [1.807, 2.05) is 4.90 Å². The number of hydrogen-bond acceptors (Lipinski definition) is 6. The Hall–Kier alpha value is -3.49. The first-order valence-electron chi connectivity index (χ1n) is 9.79. The number of carbonyl (C=O) groups is 1. The van der Waals surface area contributed by atoms with Crippen LogP contribution in [0.4, 0.5) is 17.1 Å². The highest BCUT2D eigenvalue weighted by molar-refractivity contribution is 5.95. The minimum absolute atomic E-state index is 0.0234. The average molecular weight is 412 g/mol. The molecule has 9 heteroatoms. The fourth-order valence-electron chi connectivity index (χ4n) is 3.69. The standard InChI is InChI=1S/C21H24N4O5/c1-15-9-11-23(12-10-15)19-8-7-16(13-20(19)25(29)30)21(26)22(2)14-17-5-3-4-6-18(17)24(27)28/h3-8,13,15H,9-12,14H2,1-2H3. The highest BCUT2D eigenvalue weighted by Crippen LogP contribution is 2.32. The van der Waals surface area contributed by atoms with Gasteiger partial charge in [-0.05, 0) is 30.9 Å². The Morgan fingerprint density at radius 1 is 1.07 bits per heavy atom. The molecule has 0 radical (unpaired) electrons. The maximum absolute atomic E-state index is 12.9. The summed E-state index contributed by atoms with van der Waals surface area (Å²) in [5.74, 6) is 0.159. The summed E-state index contributed by atoms with van der Waals surface area (Å²) in [5.41, 5.74) is 0.918. The van der Waals surface area contributed by atoms with Gasteiger partial charge in [0.25, 0.3) is 17.3 Å². The maximum Gasteiger partial charge on any atom is 0.293 e. The van der Waals surface area contributed by atoms with Crippen molar-refractivity contribution in [1.82, 2.24) is 4.90 Å². The lowest BCUT2D eigenvalue weighted by Gasteiger charge is -2.31. The van der Waals surface area contributed by atoms with Gasteiger partial charge in [-0.2, -0.15) is 0 Å². The van der Waals surface area contributed by atoms with Crippen LogP contribution in [0, 0.1) is 26.1 Å². The van der Waals surface area contributed by atoms with Gasteiger partial charge in [0.15, 0.2) is 0 Å². The molecule has 158 valence electrons. The molecule has 1 heterocycles. The fourth-order valence-corrected chi connectivity index (χ4v) is 3.69. The van der Waals surface area contributed by atoms with E-state index in [1.165, 1.54) is 24.1 Å². The first kappa shape index (κ1) is 21.2. The van der Waals surface area contributed by atoms with Gasteiger partial charge in [-0.25, -0.2) is 0 Å². The third kappa shape index (κ3) is 4.56. The monoisotopic (exact) mass is 412 g/mol.